The van der Waals surface area contributed by atoms with Crippen LogP contribution in [0.4, 0.5) is 0 Å². The number of carbonyl (C=O) groups is 2. The van der Waals surface area contributed by atoms with Gasteiger partial charge in [-0.25, -0.2) is 0 Å². The maximum Gasteiger partial charge on any atom is 0.305 e. The number of ether oxygens (including phenoxy) is 2. The second-order valence-electron chi connectivity index (χ2n) is 5.11. The number of benzene rings is 1. The molecule has 0 radical (unpaired) electrons. The molecule has 2 aromatic rings. The molecule has 25 heavy (non-hydrogen) atoms. The maximum absolute atomic E-state index is 11.8. The van der Waals surface area contributed by atoms with Crippen molar-refractivity contribution < 1.29 is 23.5 Å². The summed E-state index contributed by atoms with van der Waals surface area (Å²) in [7, 11) is 3.17. The summed E-state index contributed by atoms with van der Waals surface area (Å²) in [5.41, 5.74) is 6.75. The molecule has 0 aliphatic carbocycles. The summed E-state index contributed by atoms with van der Waals surface area (Å²) in [4.78, 5) is 23.4. The Morgan fingerprint density at radius 1 is 1.16 bits per heavy atom. The van der Waals surface area contributed by atoms with Gasteiger partial charge in [-0.05, 0) is 42.3 Å². The standard InChI is InChI=1S/C17H20N2O5S/c1-11-7-14(22-2)15(23-3)8-12(11)9-25-10-16(20)18-19-17(21)13-5-4-6-24-13/h4-8H,9-10H2,1-3H3,(H,18,20)(H,19,21). The Hall–Kier alpha value is -2.61. The van der Waals surface area contributed by atoms with Gasteiger partial charge in [-0.2, -0.15) is 0 Å². The molecule has 0 saturated heterocycles. The number of aryl methyl sites for hydroxylation is 1. The fraction of sp³-hybridized carbons (Fsp3) is 0.294. The monoisotopic (exact) mass is 364 g/mol. The van der Waals surface area contributed by atoms with Gasteiger partial charge in [-0.3, -0.25) is 20.4 Å². The third-order valence-electron chi connectivity index (χ3n) is 3.39. The fourth-order valence-corrected chi connectivity index (χ4v) is 2.95. The van der Waals surface area contributed by atoms with Crippen LogP contribution >= 0.6 is 11.8 Å². The van der Waals surface area contributed by atoms with Gasteiger partial charge in [0.15, 0.2) is 17.3 Å². The van der Waals surface area contributed by atoms with Crippen LogP contribution in [0.15, 0.2) is 34.9 Å². The summed E-state index contributed by atoms with van der Waals surface area (Å²) in [5, 5.41) is 0. The van der Waals surface area contributed by atoms with E-state index in [0.29, 0.717) is 17.3 Å². The lowest BCUT2D eigenvalue weighted by atomic mass is 10.1. The number of carbonyl (C=O) groups excluding carboxylic acids is 2. The highest BCUT2D eigenvalue weighted by Gasteiger charge is 2.11. The predicted octanol–water partition coefficient (Wildman–Crippen LogP) is 2.30. The number of furan rings is 1. The largest absolute Gasteiger partial charge is 0.493 e. The molecule has 1 aromatic carbocycles. The van der Waals surface area contributed by atoms with Gasteiger partial charge in [0.05, 0.1) is 26.2 Å². The molecule has 0 atom stereocenters. The smallest absolute Gasteiger partial charge is 0.305 e. The minimum Gasteiger partial charge on any atom is -0.493 e. The third kappa shape index (κ3) is 5.18. The van der Waals surface area contributed by atoms with Crippen LogP contribution in [-0.2, 0) is 10.5 Å². The van der Waals surface area contributed by atoms with Crippen molar-refractivity contribution >= 4 is 23.6 Å². The van der Waals surface area contributed by atoms with Crippen molar-refractivity contribution in [3.63, 3.8) is 0 Å². The maximum atomic E-state index is 11.8. The molecule has 0 fully saturated rings. The first kappa shape index (κ1) is 18.7. The topological polar surface area (TPSA) is 89.8 Å². The summed E-state index contributed by atoms with van der Waals surface area (Å²) in [5.74, 6) is 1.49. The van der Waals surface area contributed by atoms with Crippen LogP contribution in [0.2, 0.25) is 0 Å². The van der Waals surface area contributed by atoms with E-state index in [4.69, 9.17) is 13.9 Å². The van der Waals surface area contributed by atoms with Gasteiger partial charge in [0.2, 0.25) is 5.91 Å². The summed E-state index contributed by atoms with van der Waals surface area (Å²) < 4.78 is 15.5. The van der Waals surface area contributed by atoms with Gasteiger partial charge >= 0.3 is 5.91 Å². The highest BCUT2D eigenvalue weighted by Crippen LogP contribution is 2.31. The molecular weight excluding hydrogens is 344 g/mol. The van der Waals surface area contributed by atoms with Crippen LogP contribution in [0.5, 0.6) is 11.5 Å². The van der Waals surface area contributed by atoms with Crippen molar-refractivity contribution in [1.82, 2.24) is 10.9 Å². The Morgan fingerprint density at radius 2 is 1.88 bits per heavy atom. The summed E-state index contributed by atoms with van der Waals surface area (Å²) >= 11 is 1.43. The van der Waals surface area contributed by atoms with Crippen molar-refractivity contribution in [3.05, 3.63) is 47.4 Å². The molecule has 0 spiro atoms. The number of hydrogen-bond acceptors (Lipinski definition) is 6. The second-order valence-corrected chi connectivity index (χ2v) is 6.09. The fourth-order valence-electron chi connectivity index (χ4n) is 2.06. The van der Waals surface area contributed by atoms with Gasteiger partial charge in [-0.1, -0.05) is 0 Å². The van der Waals surface area contributed by atoms with Gasteiger partial charge in [0.25, 0.3) is 0 Å². The molecule has 0 aliphatic rings. The number of hydrogen-bond donors (Lipinski definition) is 2. The molecule has 1 aromatic heterocycles. The molecule has 7 nitrogen and oxygen atoms in total. The number of rotatable bonds is 7. The van der Waals surface area contributed by atoms with E-state index in [0.717, 1.165) is 11.1 Å². The average Bonchev–Trinajstić information content (AvgIpc) is 3.15. The van der Waals surface area contributed by atoms with E-state index in [-0.39, 0.29) is 17.4 Å². The van der Waals surface area contributed by atoms with E-state index in [9.17, 15) is 9.59 Å². The van der Waals surface area contributed by atoms with E-state index in [1.807, 2.05) is 19.1 Å². The van der Waals surface area contributed by atoms with Gasteiger partial charge in [-0.15, -0.1) is 11.8 Å². The molecule has 8 heteroatoms. The third-order valence-corrected chi connectivity index (χ3v) is 4.37. The molecule has 0 unspecified atom stereocenters. The zero-order valence-corrected chi connectivity index (χ0v) is 15.1. The number of nitrogens with one attached hydrogen (secondary N) is 2. The summed E-state index contributed by atoms with van der Waals surface area (Å²) in [6.07, 6.45) is 1.39. The lowest BCUT2D eigenvalue weighted by molar-refractivity contribution is -0.119. The molecule has 0 bridgehead atoms. The quantitative estimate of drug-likeness (QED) is 0.733. The second kappa shape index (κ2) is 9.03. The summed E-state index contributed by atoms with van der Waals surface area (Å²) in [6.45, 7) is 1.97. The van der Waals surface area contributed by atoms with Crippen LogP contribution < -0.4 is 20.3 Å². The van der Waals surface area contributed by atoms with Gasteiger partial charge < -0.3 is 13.9 Å². The zero-order valence-electron chi connectivity index (χ0n) is 14.3. The first-order valence-electron chi connectivity index (χ1n) is 7.47. The number of hydrazine groups is 1. The molecule has 2 rings (SSSR count). The first-order chi connectivity index (χ1) is 12.0. The van der Waals surface area contributed by atoms with E-state index in [1.165, 1.54) is 24.1 Å². The predicted molar refractivity (Wildman–Crippen MR) is 94.8 cm³/mol. The molecule has 1 heterocycles. The van der Waals surface area contributed by atoms with E-state index in [2.05, 4.69) is 10.9 Å². The minimum absolute atomic E-state index is 0.133. The molecule has 0 aliphatic heterocycles. The highest BCUT2D eigenvalue weighted by molar-refractivity contribution is 7.99. The van der Waals surface area contributed by atoms with Gasteiger partial charge in [0, 0.05) is 5.75 Å². The molecule has 0 saturated carbocycles. The lowest BCUT2D eigenvalue weighted by Gasteiger charge is -2.12. The van der Waals surface area contributed by atoms with Gasteiger partial charge in [0.1, 0.15) is 0 Å². The Kier molecular flexibility index (Phi) is 6.76. The number of thioether (sulfide) groups is 1. The van der Waals surface area contributed by atoms with Crippen molar-refractivity contribution in [3.8, 4) is 11.5 Å². The summed E-state index contributed by atoms with van der Waals surface area (Å²) in [6, 6.07) is 6.91. The Labute approximate surface area is 150 Å². The normalized spacial score (nSPS) is 10.2. The van der Waals surface area contributed by atoms with Crippen LogP contribution in [0.3, 0.4) is 0 Å². The minimum atomic E-state index is -0.501. The number of amides is 2. The Morgan fingerprint density at radius 3 is 2.52 bits per heavy atom. The van der Waals surface area contributed by atoms with Crippen molar-refractivity contribution in [2.75, 3.05) is 20.0 Å². The molecule has 134 valence electrons. The van der Waals surface area contributed by atoms with Crippen LogP contribution in [-0.4, -0.2) is 31.8 Å². The van der Waals surface area contributed by atoms with Crippen molar-refractivity contribution in [2.24, 2.45) is 0 Å². The highest BCUT2D eigenvalue weighted by atomic mass is 32.2. The Balaban J connectivity index is 1.80. The van der Waals surface area contributed by atoms with E-state index in [1.54, 1.807) is 20.3 Å². The lowest BCUT2D eigenvalue weighted by Crippen LogP contribution is -2.42. The van der Waals surface area contributed by atoms with Crippen LogP contribution in [0, 0.1) is 6.92 Å². The molecule has 2 N–H and O–H groups in total. The van der Waals surface area contributed by atoms with Crippen LogP contribution in [0.1, 0.15) is 21.7 Å². The van der Waals surface area contributed by atoms with Crippen molar-refractivity contribution in [2.45, 2.75) is 12.7 Å². The molecule has 2 amide bonds. The van der Waals surface area contributed by atoms with Crippen molar-refractivity contribution in [1.29, 1.82) is 0 Å². The number of methoxy groups -OCH3 is 2. The van der Waals surface area contributed by atoms with E-state index < -0.39 is 5.91 Å². The zero-order chi connectivity index (χ0) is 18.2. The molecular formula is C17H20N2O5S. The first-order valence-corrected chi connectivity index (χ1v) is 8.62. The average molecular weight is 364 g/mol. The Bertz CT molecular complexity index is 731. The van der Waals surface area contributed by atoms with Crippen LogP contribution in [0.25, 0.3) is 0 Å². The van der Waals surface area contributed by atoms with E-state index >= 15 is 0 Å². The SMILES string of the molecule is COc1cc(C)c(CSCC(=O)NNC(=O)c2ccco2)cc1OC.